The second-order valence-corrected chi connectivity index (χ2v) is 6.42. The first-order valence-electron chi connectivity index (χ1n) is 8.87. The molecule has 27 heavy (non-hydrogen) atoms. The van der Waals surface area contributed by atoms with E-state index in [2.05, 4.69) is 22.8 Å². The third-order valence-corrected chi connectivity index (χ3v) is 4.64. The summed E-state index contributed by atoms with van der Waals surface area (Å²) in [5.41, 5.74) is 2.82. The van der Waals surface area contributed by atoms with Crippen molar-refractivity contribution in [3.05, 3.63) is 108 Å². The van der Waals surface area contributed by atoms with Gasteiger partial charge in [-0.05, 0) is 52.9 Å². The van der Waals surface area contributed by atoms with E-state index in [9.17, 15) is 8.78 Å². The van der Waals surface area contributed by atoms with E-state index >= 15 is 0 Å². The first-order chi connectivity index (χ1) is 13.2. The van der Waals surface area contributed by atoms with Crippen LogP contribution in [0.15, 0.2) is 85.1 Å². The highest BCUT2D eigenvalue weighted by Crippen LogP contribution is 2.27. The lowest BCUT2D eigenvalue weighted by Gasteiger charge is -2.19. The van der Waals surface area contributed by atoms with Gasteiger partial charge in [0.05, 0.1) is 6.61 Å². The normalized spacial score (nSPS) is 11.4. The summed E-state index contributed by atoms with van der Waals surface area (Å²) in [6.45, 7) is 1.16. The summed E-state index contributed by atoms with van der Waals surface area (Å²) in [5, 5.41) is 1.19. The molecule has 2 nitrogen and oxygen atoms in total. The summed E-state index contributed by atoms with van der Waals surface area (Å²) in [7, 11) is 0. The zero-order chi connectivity index (χ0) is 18.6. The summed E-state index contributed by atoms with van der Waals surface area (Å²) in [6.07, 6.45) is 1.66. The number of aromatic nitrogens is 1. The van der Waals surface area contributed by atoms with Gasteiger partial charge in [-0.1, -0.05) is 42.5 Å². The summed E-state index contributed by atoms with van der Waals surface area (Å²) in [4.78, 5) is 0. The van der Waals surface area contributed by atoms with Crippen molar-refractivity contribution >= 4 is 10.9 Å². The van der Waals surface area contributed by atoms with Crippen LogP contribution in [0.4, 0.5) is 8.78 Å². The van der Waals surface area contributed by atoms with E-state index < -0.39 is 0 Å². The first-order valence-corrected chi connectivity index (χ1v) is 8.87. The maximum atomic E-state index is 13.3. The molecule has 0 aliphatic carbocycles. The highest BCUT2D eigenvalue weighted by molar-refractivity contribution is 5.79. The maximum Gasteiger partial charge on any atom is 0.123 e. The van der Waals surface area contributed by atoms with E-state index in [4.69, 9.17) is 4.74 Å². The van der Waals surface area contributed by atoms with Crippen LogP contribution in [0, 0.1) is 11.6 Å². The molecule has 4 aromatic rings. The van der Waals surface area contributed by atoms with Crippen LogP contribution in [0.1, 0.15) is 17.2 Å². The molecule has 0 N–H and O–H groups in total. The van der Waals surface area contributed by atoms with Crippen molar-refractivity contribution < 1.29 is 13.5 Å². The van der Waals surface area contributed by atoms with Crippen LogP contribution < -0.4 is 0 Å². The fourth-order valence-electron chi connectivity index (χ4n) is 3.26. The standard InChI is InChI=1S/C23H19F2NO/c24-20-9-5-18(6-10-20)23(19-7-11-21(25)12-8-19)27-16-15-26-14-13-17-3-1-2-4-22(17)26/h1-14,23H,15-16H2. The highest BCUT2D eigenvalue weighted by Gasteiger charge is 2.15. The largest absolute Gasteiger partial charge is 0.367 e. The van der Waals surface area contributed by atoms with Gasteiger partial charge in [-0.3, -0.25) is 0 Å². The van der Waals surface area contributed by atoms with Crippen molar-refractivity contribution in [3.63, 3.8) is 0 Å². The van der Waals surface area contributed by atoms with Gasteiger partial charge in [0, 0.05) is 18.3 Å². The minimum Gasteiger partial charge on any atom is -0.367 e. The zero-order valence-electron chi connectivity index (χ0n) is 14.7. The molecule has 0 saturated carbocycles. The van der Waals surface area contributed by atoms with Gasteiger partial charge in [-0.15, -0.1) is 0 Å². The number of benzene rings is 3. The lowest BCUT2D eigenvalue weighted by atomic mass is 10.0. The first kappa shape index (κ1) is 17.4. The Morgan fingerprint density at radius 1 is 0.741 bits per heavy atom. The number of hydrogen-bond acceptors (Lipinski definition) is 1. The van der Waals surface area contributed by atoms with Crippen molar-refractivity contribution in [1.29, 1.82) is 0 Å². The van der Waals surface area contributed by atoms with Gasteiger partial charge in [0.1, 0.15) is 17.7 Å². The molecule has 0 atom stereocenters. The summed E-state index contributed by atoms with van der Waals surface area (Å²) >= 11 is 0. The SMILES string of the molecule is Fc1ccc(C(OCCn2ccc3ccccc32)c2ccc(F)cc2)cc1. The molecule has 136 valence electrons. The summed E-state index contributed by atoms with van der Waals surface area (Å²) in [6, 6.07) is 22.7. The Morgan fingerprint density at radius 3 is 1.96 bits per heavy atom. The Bertz CT molecular complexity index is 977. The third kappa shape index (κ3) is 3.91. The highest BCUT2D eigenvalue weighted by atomic mass is 19.1. The van der Waals surface area contributed by atoms with Gasteiger partial charge in [0.25, 0.3) is 0 Å². The second kappa shape index (κ2) is 7.72. The van der Waals surface area contributed by atoms with Gasteiger partial charge in [0.2, 0.25) is 0 Å². The predicted molar refractivity (Wildman–Crippen MR) is 103 cm³/mol. The monoisotopic (exact) mass is 363 g/mol. The number of para-hydroxylation sites is 1. The minimum atomic E-state index is -0.381. The van der Waals surface area contributed by atoms with Crippen molar-refractivity contribution in [1.82, 2.24) is 4.57 Å². The number of nitrogens with zero attached hydrogens (tertiary/aromatic N) is 1. The number of rotatable bonds is 6. The fraction of sp³-hybridized carbons (Fsp3) is 0.130. The van der Waals surface area contributed by atoms with E-state index in [1.54, 1.807) is 24.3 Å². The number of hydrogen-bond donors (Lipinski definition) is 0. The van der Waals surface area contributed by atoms with Crippen molar-refractivity contribution in [3.8, 4) is 0 Å². The Labute approximate surface area is 156 Å². The van der Waals surface area contributed by atoms with Crippen LogP contribution in [-0.2, 0) is 11.3 Å². The van der Waals surface area contributed by atoms with E-state index in [1.807, 2.05) is 18.3 Å². The Balaban J connectivity index is 1.54. The maximum absolute atomic E-state index is 13.3. The van der Waals surface area contributed by atoms with E-state index in [0.29, 0.717) is 13.2 Å². The van der Waals surface area contributed by atoms with Gasteiger partial charge in [-0.2, -0.15) is 0 Å². The molecule has 1 heterocycles. The van der Waals surface area contributed by atoms with Gasteiger partial charge in [0.15, 0.2) is 0 Å². The lowest BCUT2D eigenvalue weighted by Crippen LogP contribution is -2.11. The Kier molecular flexibility index (Phi) is 4.99. The summed E-state index contributed by atoms with van der Waals surface area (Å²) in [5.74, 6) is -0.592. The molecule has 0 unspecified atom stereocenters. The van der Waals surface area contributed by atoms with Crippen LogP contribution >= 0.6 is 0 Å². The molecule has 4 heteroatoms. The van der Waals surface area contributed by atoms with Crippen LogP contribution in [0.3, 0.4) is 0 Å². The molecule has 0 aliphatic rings. The molecule has 0 radical (unpaired) electrons. The average Bonchev–Trinajstić information content (AvgIpc) is 3.10. The predicted octanol–water partition coefficient (Wildman–Crippen LogP) is 5.73. The smallest absolute Gasteiger partial charge is 0.123 e. The average molecular weight is 363 g/mol. The quantitative estimate of drug-likeness (QED) is 0.427. The van der Waals surface area contributed by atoms with Crippen LogP contribution in [0.25, 0.3) is 10.9 Å². The van der Waals surface area contributed by atoms with Crippen LogP contribution in [-0.4, -0.2) is 11.2 Å². The molecule has 0 fully saturated rings. The zero-order valence-corrected chi connectivity index (χ0v) is 14.7. The number of ether oxygens (including phenoxy) is 1. The third-order valence-electron chi connectivity index (χ3n) is 4.64. The number of fused-ring (bicyclic) bond motifs is 1. The van der Waals surface area contributed by atoms with E-state index in [0.717, 1.165) is 16.6 Å². The van der Waals surface area contributed by atoms with Crippen LogP contribution in [0.2, 0.25) is 0 Å². The van der Waals surface area contributed by atoms with Gasteiger partial charge < -0.3 is 9.30 Å². The van der Waals surface area contributed by atoms with Gasteiger partial charge >= 0.3 is 0 Å². The Morgan fingerprint density at radius 2 is 1.33 bits per heavy atom. The van der Waals surface area contributed by atoms with E-state index in [-0.39, 0.29) is 17.7 Å². The molecule has 1 aromatic heterocycles. The molecule has 0 bridgehead atoms. The van der Waals surface area contributed by atoms with Crippen molar-refractivity contribution in [2.24, 2.45) is 0 Å². The summed E-state index contributed by atoms with van der Waals surface area (Å²) < 4.78 is 34.9. The molecule has 0 aliphatic heterocycles. The van der Waals surface area contributed by atoms with Crippen LogP contribution in [0.5, 0.6) is 0 Å². The molecule has 0 saturated heterocycles. The van der Waals surface area contributed by atoms with E-state index in [1.165, 1.54) is 29.7 Å². The van der Waals surface area contributed by atoms with Crippen molar-refractivity contribution in [2.45, 2.75) is 12.6 Å². The molecular formula is C23H19F2NO. The number of halogens is 2. The fourth-order valence-corrected chi connectivity index (χ4v) is 3.26. The second-order valence-electron chi connectivity index (χ2n) is 6.42. The topological polar surface area (TPSA) is 14.2 Å². The molecule has 0 spiro atoms. The molecule has 0 amide bonds. The molecule has 4 rings (SSSR count). The molecule has 3 aromatic carbocycles. The Hall–Kier alpha value is -2.98. The lowest BCUT2D eigenvalue weighted by molar-refractivity contribution is 0.0744. The van der Waals surface area contributed by atoms with Gasteiger partial charge in [-0.25, -0.2) is 8.78 Å². The van der Waals surface area contributed by atoms with Crippen molar-refractivity contribution in [2.75, 3.05) is 6.61 Å². The molecular weight excluding hydrogens is 344 g/mol. The minimum absolute atomic E-state index is 0.296.